The van der Waals surface area contributed by atoms with Gasteiger partial charge < -0.3 is 0 Å². The summed E-state index contributed by atoms with van der Waals surface area (Å²) in [5.41, 5.74) is 0.628. The van der Waals surface area contributed by atoms with Gasteiger partial charge >= 0.3 is 0 Å². The smallest absolute Gasteiger partial charge is 0.180 e. The Morgan fingerprint density at radius 1 is 1.69 bits per heavy atom. The van der Waals surface area contributed by atoms with Crippen LogP contribution in [-0.4, -0.2) is 10.8 Å². The van der Waals surface area contributed by atoms with Gasteiger partial charge in [0.15, 0.2) is 0 Å². The van der Waals surface area contributed by atoms with Crippen molar-refractivity contribution in [2.24, 2.45) is 11.0 Å². The Labute approximate surface area is 80.6 Å². The maximum atomic E-state index is 5.60. The van der Waals surface area contributed by atoms with Crippen LogP contribution in [0.25, 0.3) is 0 Å². The Balaban J connectivity index is 4.05. The number of unbranched alkanes of at least 4 members (excludes halogenated alkanes) is 1. The van der Waals surface area contributed by atoms with E-state index in [-0.39, 0.29) is 6.04 Å². The van der Waals surface area contributed by atoms with E-state index in [0.717, 1.165) is 6.42 Å². The molecule has 0 aliphatic heterocycles. The van der Waals surface area contributed by atoms with Crippen molar-refractivity contribution in [3.05, 3.63) is 24.9 Å². The van der Waals surface area contributed by atoms with Crippen molar-refractivity contribution in [2.45, 2.75) is 39.2 Å². The standard InChI is InChI=1S/C10H20N3/c1-5-7-8-9(3)12-13(11)10(4)6-2/h6,9H,2,4-5,7-8H2,1,3H3,(H2,11,12)/q+1. The van der Waals surface area contributed by atoms with E-state index in [0.29, 0.717) is 5.70 Å². The van der Waals surface area contributed by atoms with Crippen LogP contribution in [0, 0.1) is 0 Å². The molecule has 74 valence electrons. The predicted octanol–water partition coefficient (Wildman–Crippen LogP) is 2.60. The first kappa shape index (κ1) is 11.9. The number of hydrazine groups is 1. The van der Waals surface area contributed by atoms with Gasteiger partial charge in [0.05, 0.1) is 0 Å². The lowest BCUT2D eigenvalue weighted by Gasteiger charge is -2.00. The predicted molar refractivity (Wildman–Crippen MR) is 55.2 cm³/mol. The van der Waals surface area contributed by atoms with E-state index < -0.39 is 0 Å². The third-order valence-electron chi connectivity index (χ3n) is 1.83. The summed E-state index contributed by atoms with van der Waals surface area (Å²) in [5.74, 6) is 5.60. The highest BCUT2D eigenvalue weighted by molar-refractivity contribution is 4.99. The highest BCUT2D eigenvalue weighted by atomic mass is 15.5. The summed E-state index contributed by atoms with van der Waals surface area (Å²) in [7, 11) is 0. The monoisotopic (exact) mass is 182 g/mol. The van der Waals surface area contributed by atoms with Crippen LogP contribution in [0.1, 0.15) is 33.1 Å². The van der Waals surface area contributed by atoms with E-state index >= 15 is 0 Å². The molecule has 0 spiro atoms. The van der Waals surface area contributed by atoms with Gasteiger partial charge in [0.1, 0.15) is 6.04 Å². The van der Waals surface area contributed by atoms with Crippen molar-refractivity contribution in [3.8, 4) is 0 Å². The number of rotatable bonds is 6. The maximum absolute atomic E-state index is 5.60. The second-order valence-electron chi connectivity index (χ2n) is 3.15. The number of nitrogens with two attached hydrogens (primary N) is 1. The first-order chi connectivity index (χ1) is 6.11. The molecule has 3 heteroatoms. The summed E-state index contributed by atoms with van der Waals surface area (Å²) in [5, 5.41) is 4.23. The molecular formula is C10H20N3+. The highest BCUT2D eigenvalue weighted by Crippen LogP contribution is 2.04. The fraction of sp³-hybridized carbons (Fsp3) is 0.600. The minimum absolute atomic E-state index is 0.252. The van der Waals surface area contributed by atoms with Crippen LogP contribution in [0.15, 0.2) is 30.0 Å². The van der Waals surface area contributed by atoms with Crippen LogP contribution in [0.4, 0.5) is 0 Å². The molecule has 0 fully saturated rings. The molecule has 0 aromatic rings. The number of hydrogen-bond donors (Lipinski definition) is 1. The molecule has 0 aliphatic rings. The van der Waals surface area contributed by atoms with Crippen molar-refractivity contribution < 1.29 is 4.81 Å². The molecule has 2 N–H and O–H groups in total. The van der Waals surface area contributed by atoms with Gasteiger partial charge in [-0.2, -0.15) is 5.84 Å². The van der Waals surface area contributed by atoms with Gasteiger partial charge in [0, 0.05) is 10.9 Å². The van der Waals surface area contributed by atoms with E-state index in [1.54, 1.807) is 6.08 Å². The van der Waals surface area contributed by atoms with Gasteiger partial charge in [-0.1, -0.05) is 26.3 Å². The third-order valence-corrected chi connectivity index (χ3v) is 1.83. The van der Waals surface area contributed by atoms with Gasteiger partial charge in [0.25, 0.3) is 5.70 Å². The lowest BCUT2D eigenvalue weighted by molar-refractivity contribution is -0.557. The lowest BCUT2D eigenvalue weighted by Crippen LogP contribution is -2.18. The van der Waals surface area contributed by atoms with Gasteiger partial charge in [-0.05, 0) is 25.0 Å². The largest absolute Gasteiger partial charge is 0.257 e. The number of allylic oxidation sites excluding steroid dienone is 1. The quantitative estimate of drug-likeness (QED) is 0.221. The van der Waals surface area contributed by atoms with Gasteiger partial charge in [-0.25, -0.2) is 0 Å². The van der Waals surface area contributed by atoms with Crippen LogP contribution in [-0.2, 0) is 0 Å². The van der Waals surface area contributed by atoms with Crippen molar-refractivity contribution >= 4 is 0 Å². The summed E-state index contributed by atoms with van der Waals surface area (Å²) in [4.78, 5) is 1.30. The first-order valence-corrected chi connectivity index (χ1v) is 4.68. The van der Waals surface area contributed by atoms with E-state index in [4.69, 9.17) is 5.84 Å². The second-order valence-corrected chi connectivity index (χ2v) is 3.15. The minimum Gasteiger partial charge on any atom is -0.180 e. The van der Waals surface area contributed by atoms with E-state index in [1.165, 1.54) is 17.6 Å². The molecule has 0 rings (SSSR count). The highest BCUT2D eigenvalue weighted by Gasteiger charge is 2.08. The molecule has 0 aliphatic carbocycles. The third kappa shape index (κ3) is 5.17. The molecule has 1 unspecified atom stereocenters. The van der Waals surface area contributed by atoms with Crippen LogP contribution in [0.3, 0.4) is 0 Å². The zero-order valence-corrected chi connectivity index (χ0v) is 8.66. The van der Waals surface area contributed by atoms with E-state index in [1.807, 2.05) is 6.92 Å². The molecule has 3 nitrogen and oxygen atoms in total. The molecule has 0 saturated heterocycles. The zero-order valence-electron chi connectivity index (χ0n) is 8.66. The van der Waals surface area contributed by atoms with Crippen molar-refractivity contribution in [1.82, 2.24) is 0 Å². The Morgan fingerprint density at radius 3 is 2.77 bits per heavy atom. The molecule has 0 aromatic heterocycles. The van der Waals surface area contributed by atoms with E-state index in [2.05, 4.69) is 25.2 Å². The summed E-state index contributed by atoms with van der Waals surface area (Å²) >= 11 is 0. The molecule has 0 aromatic carbocycles. The molecule has 0 saturated carbocycles. The summed E-state index contributed by atoms with van der Waals surface area (Å²) < 4.78 is 0. The average molecular weight is 182 g/mol. The molecule has 0 heterocycles. The normalized spacial score (nSPS) is 13.8. The Morgan fingerprint density at radius 2 is 2.31 bits per heavy atom. The fourth-order valence-electron chi connectivity index (χ4n) is 0.937. The maximum Gasteiger partial charge on any atom is 0.257 e. The minimum atomic E-state index is 0.252. The Kier molecular flexibility index (Phi) is 5.85. The van der Waals surface area contributed by atoms with Crippen molar-refractivity contribution in [3.63, 3.8) is 0 Å². The van der Waals surface area contributed by atoms with Gasteiger partial charge in [-0.3, -0.25) is 0 Å². The number of nitrogens with zero attached hydrogens (tertiary/aromatic N) is 2. The zero-order chi connectivity index (χ0) is 10.3. The molecular weight excluding hydrogens is 162 g/mol. The number of hydrogen-bond acceptors (Lipinski definition) is 1. The molecule has 0 bridgehead atoms. The van der Waals surface area contributed by atoms with Crippen LogP contribution >= 0.6 is 0 Å². The van der Waals surface area contributed by atoms with Gasteiger partial charge in [0.2, 0.25) is 0 Å². The topological polar surface area (TPSA) is 41.4 Å². The van der Waals surface area contributed by atoms with E-state index in [9.17, 15) is 0 Å². The van der Waals surface area contributed by atoms with Gasteiger partial charge in [-0.15, -0.1) is 0 Å². The second kappa shape index (κ2) is 6.40. The fourth-order valence-corrected chi connectivity index (χ4v) is 0.937. The molecule has 0 radical (unpaired) electrons. The van der Waals surface area contributed by atoms with Crippen molar-refractivity contribution in [1.29, 1.82) is 0 Å². The lowest BCUT2D eigenvalue weighted by atomic mass is 10.2. The average Bonchev–Trinajstić information content (AvgIpc) is 2.13. The summed E-state index contributed by atoms with van der Waals surface area (Å²) in [6.45, 7) is 11.5. The molecule has 13 heavy (non-hydrogen) atoms. The van der Waals surface area contributed by atoms with Crippen LogP contribution in [0.2, 0.25) is 0 Å². The summed E-state index contributed by atoms with van der Waals surface area (Å²) in [6.07, 6.45) is 5.02. The molecule has 1 atom stereocenters. The number of azo groups is 1. The Hall–Kier alpha value is -1.12. The summed E-state index contributed by atoms with van der Waals surface area (Å²) in [6, 6.07) is 0.252. The Bertz CT molecular complexity index is 206. The molecule has 0 amide bonds. The first-order valence-electron chi connectivity index (χ1n) is 4.68. The van der Waals surface area contributed by atoms with Crippen LogP contribution in [0.5, 0.6) is 0 Å². The van der Waals surface area contributed by atoms with Crippen molar-refractivity contribution in [2.75, 3.05) is 0 Å². The SMILES string of the molecule is C=CC(=C)[N+](N)=NC(C)CCCC. The van der Waals surface area contributed by atoms with Crippen LogP contribution < -0.4 is 5.84 Å².